The number of aromatic nitrogens is 1. The molecule has 0 spiro atoms. The maximum atomic E-state index is 6.09. The zero-order valence-corrected chi connectivity index (χ0v) is 9.63. The Morgan fingerprint density at radius 2 is 2.00 bits per heavy atom. The van der Waals surface area contributed by atoms with Crippen molar-refractivity contribution in [3.05, 3.63) is 33.4 Å². The van der Waals surface area contributed by atoms with Crippen LogP contribution in [0.1, 0.15) is 18.2 Å². The molecule has 14 heavy (non-hydrogen) atoms. The highest BCUT2D eigenvalue weighted by atomic mass is 35.5. The normalized spacial score (nSPS) is 11.1. The minimum atomic E-state index is 0.690. The second-order valence-electron chi connectivity index (χ2n) is 3.39. The number of nitrogens with one attached hydrogen (secondary N) is 1. The molecule has 0 atom stereocenters. The van der Waals surface area contributed by atoms with Crippen LogP contribution >= 0.6 is 23.2 Å². The predicted octanol–water partition coefficient (Wildman–Crippen LogP) is 4.35. The van der Waals surface area contributed by atoms with E-state index in [2.05, 4.69) is 18.8 Å². The van der Waals surface area contributed by atoms with E-state index in [1.54, 1.807) is 6.07 Å². The lowest BCUT2D eigenvalue weighted by atomic mass is 10.1. The van der Waals surface area contributed by atoms with Crippen LogP contribution in [0.15, 0.2) is 12.1 Å². The van der Waals surface area contributed by atoms with E-state index in [1.807, 2.05) is 6.07 Å². The van der Waals surface area contributed by atoms with E-state index in [0.29, 0.717) is 10.0 Å². The molecule has 2 rings (SSSR count). The molecule has 0 amide bonds. The molecule has 0 unspecified atom stereocenters. The average Bonchev–Trinajstić information content (AvgIpc) is 2.41. The highest BCUT2D eigenvalue weighted by Gasteiger charge is 2.09. The number of hydrogen-bond donors (Lipinski definition) is 1. The molecule has 0 fully saturated rings. The average molecular weight is 228 g/mol. The van der Waals surface area contributed by atoms with Crippen molar-refractivity contribution in [3.63, 3.8) is 0 Å². The fourth-order valence-corrected chi connectivity index (χ4v) is 2.40. The SMILES string of the molecule is CCc1c(C)[nH]c2c(Cl)cc(Cl)cc12. The van der Waals surface area contributed by atoms with Crippen LogP contribution in [0.3, 0.4) is 0 Å². The standard InChI is InChI=1S/C11H11Cl2N/c1-3-8-6(2)14-11-9(8)4-7(12)5-10(11)13/h4-5,14H,3H2,1-2H3. The summed E-state index contributed by atoms with van der Waals surface area (Å²) in [6.45, 7) is 4.19. The third-order valence-electron chi connectivity index (χ3n) is 2.50. The summed E-state index contributed by atoms with van der Waals surface area (Å²) in [5, 5.41) is 2.52. The van der Waals surface area contributed by atoms with Gasteiger partial charge in [-0.25, -0.2) is 0 Å². The summed E-state index contributed by atoms with van der Waals surface area (Å²) < 4.78 is 0. The number of aryl methyl sites for hydroxylation is 2. The van der Waals surface area contributed by atoms with E-state index in [9.17, 15) is 0 Å². The minimum Gasteiger partial charge on any atom is -0.357 e. The molecule has 2 aromatic rings. The van der Waals surface area contributed by atoms with Crippen LogP contribution in [0.5, 0.6) is 0 Å². The van der Waals surface area contributed by atoms with Crippen LogP contribution in [-0.2, 0) is 6.42 Å². The lowest BCUT2D eigenvalue weighted by Crippen LogP contribution is -1.80. The van der Waals surface area contributed by atoms with Crippen molar-refractivity contribution in [3.8, 4) is 0 Å². The smallest absolute Gasteiger partial charge is 0.0662 e. The summed E-state index contributed by atoms with van der Waals surface area (Å²) >= 11 is 12.1. The lowest BCUT2D eigenvalue weighted by molar-refractivity contribution is 1.11. The molecule has 74 valence electrons. The number of H-pyrrole nitrogens is 1. The number of fused-ring (bicyclic) bond motifs is 1. The van der Waals surface area contributed by atoms with Gasteiger partial charge in [-0.3, -0.25) is 0 Å². The quantitative estimate of drug-likeness (QED) is 0.746. The van der Waals surface area contributed by atoms with Crippen LogP contribution < -0.4 is 0 Å². The molecule has 0 aliphatic heterocycles. The maximum absolute atomic E-state index is 6.09. The third kappa shape index (κ3) is 1.41. The van der Waals surface area contributed by atoms with Crippen molar-refractivity contribution in [2.24, 2.45) is 0 Å². The molecular formula is C11H11Cl2N. The Labute approximate surface area is 93.0 Å². The van der Waals surface area contributed by atoms with E-state index < -0.39 is 0 Å². The van der Waals surface area contributed by atoms with E-state index in [1.165, 1.54) is 11.3 Å². The van der Waals surface area contributed by atoms with Crippen molar-refractivity contribution in [2.45, 2.75) is 20.3 Å². The fourth-order valence-electron chi connectivity index (χ4n) is 1.86. The number of benzene rings is 1. The van der Waals surface area contributed by atoms with Gasteiger partial charge in [-0.05, 0) is 31.0 Å². The third-order valence-corrected chi connectivity index (χ3v) is 3.02. The first-order chi connectivity index (χ1) is 6.63. The number of hydrogen-bond acceptors (Lipinski definition) is 0. The fraction of sp³-hybridized carbons (Fsp3) is 0.273. The monoisotopic (exact) mass is 227 g/mol. The van der Waals surface area contributed by atoms with Crippen molar-refractivity contribution in [2.75, 3.05) is 0 Å². The summed E-state index contributed by atoms with van der Waals surface area (Å²) in [6, 6.07) is 3.73. The second-order valence-corrected chi connectivity index (χ2v) is 4.24. The highest BCUT2D eigenvalue weighted by molar-refractivity contribution is 6.38. The highest BCUT2D eigenvalue weighted by Crippen LogP contribution is 2.31. The molecule has 0 saturated carbocycles. The maximum Gasteiger partial charge on any atom is 0.0662 e. The van der Waals surface area contributed by atoms with Gasteiger partial charge in [0.05, 0.1) is 10.5 Å². The molecule has 1 aromatic heterocycles. The number of aromatic amines is 1. The molecule has 0 bridgehead atoms. The molecule has 1 aromatic carbocycles. The molecule has 1 nitrogen and oxygen atoms in total. The van der Waals surface area contributed by atoms with Gasteiger partial charge in [0.2, 0.25) is 0 Å². The van der Waals surface area contributed by atoms with Gasteiger partial charge < -0.3 is 4.98 Å². The summed E-state index contributed by atoms with van der Waals surface area (Å²) in [7, 11) is 0. The molecular weight excluding hydrogens is 217 g/mol. The zero-order chi connectivity index (χ0) is 10.3. The van der Waals surface area contributed by atoms with Gasteiger partial charge in [-0.2, -0.15) is 0 Å². The Balaban J connectivity index is 2.87. The van der Waals surface area contributed by atoms with Crippen molar-refractivity contribution in [1.82, 2.24) is 4.98 Å². The summed E-state index contributed by atoms with van der Waals surface area (Å²) in [5.41, 5.74) is 3.46. The van der Waals surface area contributed by atoms with Crippen molar-refractivity contribution < 1.29 is 0 Å². The molecule has 0 saturated heterocycles. The zero-order valence-electron chi connectivity index (χ0n) is 8.12. The molecule has 1 heterocycles. The Morgan fingerprint density at radius 1 is 1.29 bits per heavy atom. The largest absolute Gasteiger partial charge is 0.357 e. The molecule has 1 N–H and O–H groups in total. The van der Waals surface area contributed by atoms with E-state index in [0.717, 1.165) is 17.3 Å². The topological polar surface area (TPSA) is 15.8 Å². The number of halogens is 2. The molecule has 0 radical (unpaired) electrons. The Kier molecular flexibility index (Phi) is 2.46. The van der Waals surface area contributed by atoms with Crippen molar-refractivity contribution >= 4 is 34.1 Å². The summed E-state index contributed by atoms with van der Waals surface area (Å²) in [5.74, 6) is 0. The van der Waals surface area contributed by atoms with Crippen LogP contribution in [0.4, 0.5) is 0 Å². The van der Waals surface area contributed by atoms with E-state index >= 15 is 0 Å². The molecule has 0 aliphatic carbocycles. The van der Waals surface area contributed by atoms with Crippen molar-refractivity contribution in [1.29, 1.82) is 0 Å². The second kappa shape index (κ2) is 3.48. The van der Waals surface area contributed by atoms with Gasteiger partial charge in [0.1, 0.15) is 0 Å². The predicted molar refractivity (Wildman–Crippen MR) is 62.4 cm³/mol. The van der Waals surface area contributed by atoms with Gasteiger partial charge in [0.15, 0.2) is 0 Å². The van der Waals surface area contributed by atoms with Gasteiger partial charge in [0, 0.05) is 16.1 Å². The summed E-state index contributed by atoms with van der Waals surface area (Å²) in [6.07, 6.45) is 0.989. The minimum absolute atomic E-state index is 0.690. The molecule has 0 aliphatic rings. The van der Waals surface area contributed by atoms with Crippen LogP contribution in [0, 0.1) is 6.92 Å². The van der Waals surface area contributed by atoms with E-state index in [-0.39, 0.29) is 0 Å². The Bertz CT molecular complexity index is 485. The Hall–Kier alpha value is -0.660. The van der Waals surface area contributed by atoms with Crippen LogP contribution in [0.2, 0.25) is 10.0 Å². The van der Waals surface area contributed by atoms with Crippen LogP contribution in [-0.4, -0.2) is 4.98 Å². The van der Waals surface area contributed by atoms with Crippen LogP contribution in [0.25, 0.3) is 10.9 Å². The Morgan fingerprint density at radius 3 is 2.64 bits per heavy atom. The first-order valence-corrected chi connectivity index (χ1v) is 5.35. The van der Waals surface area contributed by atoms with Gasteiger partial charge >= 0.3 is 0 Å². The van der Waals surface area contributed by atoms with E-state index in [4.69, 9.17) is 23.2 Å². The van der Waals surface area contributed by atoms with Gasteiger partial charge in [-0.15, -0.1) is 0 Å². The van der Waals surface area contributed by atoms with Gasteiger partial charge in [-0.1, -0.05) is 30.1 Å². The lowest BCUT2D eigenvalue weighted by Gasteiger charge is -1.97. The summed E-state index contributed by atoms with van der Waals surface area (Å²) in [4.78, 5) is 3.28. The van der Waals surface area contributed by atoms with Gasteiger partial charge in [0.25, 0.3) is 0 Å². The molecule has 3 heteroatoms. The number of rotatable bonds is 1. The first-order valence-electron chi connectivity index (χ1n) is 4.59. The first kappa shape index (κ1) is 9.88.